The summed E-state index contributed by atoms with van der Waals surface area (Å²) in [5.41, 5.74) is 2.24. The topological polar surface area (TPSA) is 92.3 Å². The lowest BCUT2D eigenvalue weighted by Gasteiger charge is -2.17. The second kappa shape index (κ2) is 12.0. The fraction of sp³-hybridized carbons (Fsp3) is 0.200. The molecule has 0 aliphatic heterocycles. The number of ether oxygens (including phenoxy) is 2. The number of hydrogen-bond donors (Lipinski definition) is 0. The Morgan fingerprint density at radius 2 is 1.73 bits per heavy atom. The maximum absolute atomic E-state index is 11.6. The predicted octanol–water partition coefficient (Wildman–Crippen LogP) is 7.23. The van der Waals surface area contributed by atoms with Gasteiger partial charge in [-0.3, -0.25) is 14.7 Å². The molecule has 0 saturated heterocycles. The van der Waals surface area contributed by atoms with Crippen molar-refractivity contribution in [1.82, 2.24) is 14.8 Å². The summed E-state index contributed by atoms with van der Waals surface area (Å²) in [6, 6.07) is 17.6. The van der Waals surface area contributed by atoms with E-state index in [1.54, 1.807) is 48.5 Å². The van der Waals surface area contributed by atoms with Crippen LogP contribution in [0, 0.1) is 17.0 Å². The molecule has 37 heavy (non-hydrogen) atoms. The zero-order valence-electron chi connectivity index (χ0n) is 19.7. The van der Waals surface area contributed by atoms with Gasteiger partial charge < -0.3 is 9.47 Å². The Balaban J connectivity index is 1.60. The van der Waals surface area contributed by atoms with Gasteiger partial charge in [0.15, 0.2) is 16.7 Å². The van der Waals surface area contributed by atoms with Crippen molar-refractivity contribution >= 4 is 46.6 Å². The Morgan fingerprint density at radius 1 is 1.00 bits per heavy atom. The van der Waals surface area contributed by atoms with Gasteiger partial charge in [-0.1, -0.05) is 58.7 Å². The molecule has 4 rings (SSSR count). The lowest BCUT2D eigenvalue weighted by atomic mass is 10.1. The summed E-state index contributed by atoms with van der Waals surface area (Å²) in [6.45, 7) is 1.68. The maximum atomic E-state index is 11.6. The Bertz CT molecular complexity index is 1420. The molecule has 4 aromatic rings. The molecule has 1 heterocycles. The molecular weight excluding hydrogens is 559 g/mol. The summed E-state index contributed by atoms with van der Waals surface area (Å²) >= 11 is 19.5. The van der Waals surface area contributed by atoms with Crippen molar-refractivity contribution in [3.63, 3.8) is 0 Å². The minimum atomic E-state index is -0.571. The molecule has 0 aliphatic carbocycles. The molecule has 0 N–H and O–H groups in total. The third-order valence-corrected chi connectivity index (χ3v) is 7.42. The summed E-state index contributed by atoms with van der Waals surface area (Å²) in [5.74, 6) is 1.56. The van der Waals surface area contributed by atoms with Gasteiger partial charge in [-0.15, -0.1) is 10.2 Å². The minimum Gasteiger partial charge on any atom is -0.493 e. The number of methoxy groups -OCH3 is 1. The van der Waals surface area contributed by atoms with Crippen LogP contribution in [-0.4, -0.2) is 33.3 Å². The first-order chi connectivity index (χ1) is 17.7. The van der Waals surface area contributed by atoms with Crippen LogP contribution in [0.3, 0.4) is 0 Å². The zero-order valence-corrected chi connectivity index (χ0v) is 22.8. The lowest BCUT2D eigenvalue weighted by Crippen LogP contribution is -2.11. The SMILES string of the molecule is COc1cc([C@H](C[N+](=O)[O-])Sc2nnc(C)n2-c2ccc(Cl)cc2)ccc1OCc1ccc(Cl)cc1Cl. The highest BCUT2D eigenvalue weighted by Crippen LogP contribution is 2.40. The first-order valence-electron chi connectivity index (χ1n) is 11.0. The molecule has 0 fully saturated rings. The van der Waals surface area contributed by atoms with E-state index in [9.17, 15) is 10.1 Å². The number of aromatic nitrogens is 3. The van der Waals surface area contributed by atoms with Crippen LogP contribution < -0.4 is 9.47 Å². The highest BCUT2D eigenvalue weighted by Gasteiger charge is 2.25. The third kappa shape index (κ3) is 6.67. The largest absolute Gasteiger partial charge is 0.493 e. The van der Waals surface area contributed by atoms with Crippen molar-refractivity contribution in [3.8, 4) is 17.2 Å². The van der Waals surface area contributed by atoms with E-state index in [0.29, 0.717) is 43.1 Å². The number of halogens is 3. The average molecular weight is 580 g/mol. The fourth-order valence-corrected chi connectivity index (χ4v) is 5.33. The zero-order chi connectivity index (χ0) is 26.5. The fourth-order valence-electron chi connectivity index (χ4n) is 3.58. The molecule has 192 valence electrons. The first-order valence-corrected chi connectivity index (χ1v) is 13.0. The summed E-state index contributed by atoms with van der Waals surface area (Å²) in [6.07, 6.45) is 0. The molecule has 1 atom stereocenters. The number of rotatable bonds is 10. The Hall–Kier alpha value is -2.98. The molecule has 12 heteroatoms. The van der Waals surface area contributed by atoms with Crippen molar-refractivity contribution in [2.75, 3.05) is 13.7 Å². The van der Waals surface area contributed by atoms with E-state index >= 15 is 0 Å². The van der Waals surface area contributed by atoms with Gasteiger partial charge in [-0.2, -0.15) is 0 Å². The van der Waals surface area contributed by atoms with Crippen LogP contribution in [0.5, 0.6) is 11.5 Å². The van der Waals surface area contributed by atoms with Crippen molar-refractivity contribution in [2.24, 2.45) is 0 Å². The highest BCUT2D eigenvalue weighted by molar-refractivity contribution is 7.99. The standard InChI is InChI=1S/C25H21Cl3N4O4S/c1-15-29-30-25(32(15)20-8-6-18(26)7-9-20)37-24(13-31(33)34)16-4-10-22(23(11-16)35-2)36-14-17-3-5-19(27)12-21(17)28/h3-12,24H,13-14H2,1-2H3/t24-/m0/s1. The van der Waals surface area contributed by atoms with Gasteiger partial charge >= 0.3 is 0 Å². The van der Waals surface area contributed by atoms with Crippen LogP contribution in [-0.2, 0) is 6.61 Å². The Labute approximate surface area is 232 Å². The van der Waals surface area contributed by atoms with Crippen molar-refractivity contribution in [1.29, 1.82) is 0 Å². The van der Waals surface area contributed by atoms with Crippen molar-refractivity contribution in [2.45, 2.75) is 23.9 Å². The van der Waals surface area contributed by atoms with E-state index in [2.05, 4.69) is 10.2 Å². The smallest absolute Gasteiger partial charge is 0.220 e. The van der Waals surface area contributed by atoms with E-state index in [0.717, 1.165) is 11.3 Å². The maximum Gasteiger partial charge on any atom is 0.220 e. The van der Waals surface area contributed by atoms with E-state index in [-0.39, 0.29) is 18.1 Å². The summed E-state index contributed by atoms with van der Waals surface area (Å²) in [5, 5.41) is 21.6. The number of aryl methyl sites for hydroxylation is 1. The van der Waals surface area contributed by atoms with Crippen LogP contribution in [0.2, 0.25) is 15.1 Å². The number of benzene rings is 3. The lowest BCUT2D eigenvalue weighted by molar-refractivity contribution is -0.479. The summed E-state index contributed by atoms with van der Waals surface area (Å²) < 4.78 is 13.3. The van der Waals surface area contributed by atoms with Crippen LogP contribution in [0.1, 0.15) is 22.2 Å². The molecule has 0 spiro atoms. The number of hydrogen-bond acceptors (Lipinski definition) is 7. The molecule has 0 radical (unpaired) electrons. The van der Waals surface area contributed by atoms with E-state index in [1.165, 1.54) is 18.9 Å². The quantitative estimate of drug-likeness (QED) is 0.111. The second-order valence-electron chi connectivity index (χ2n) is 7.90. The molecule has 0 unspecified atom stereocenters. The normalized spacial score (nSPS) is 11.8. The number of thioether (sulfide) groups is 1. The molecule has 3 aromatic carbocycles. The summed E-state index contributed by atoms with van der Waals surface area (Å²) in [7, 11) is 1.51. The van der Waals surface area contributed by atoms with E-state index in [1.807, 2.05) is 23.6 Å². The molecule has 0 amide bonds. The van der Waals surface area contributed by atoms with Gasteiger partial charge in [0.05, 0.1) is 7.11 Å². The number of nitro groups is 1. The van der Waals surface area contributed by atoms with Crippen LogP contribution in [0.15, 0.2) is 65.8 Å². The van der Waals surface area contributed by atoms with Gasteiger partial charge in [0.1, 0.15) is 17.7 Å². The van der Waals surface area contributed by atoms with Gasteiger partial charge in [-0.05, 0) is 61.0 Å². The molecular formula is C25H21Cl3N4O4S. The molecule has 0 bridgehead atoms. The summed E-state index contributed by atoms with van der Waals surface area (Å²) in [4.78, 5) is 11.2. The van der Waals surface area contributed by atoms with Crippen LogP contribution in [0.4, 0.5) is 0 Å². The van der Waals surface area contributed by atoms with Gasteiger partial charge in [-0.25, -0.2) is 0 Å². The van der Waals surface area contributed by atoms with Gasteiger partial charge in [0, 0.05) is 31.2 Å². The highest BCUT2D eigenvalue weighted by atomic mass is 35.5. The average Bonchev–Trinajstić information content (AvgIpc) is 3.23. The monoisotopic (exact) mass is 578 g/mol. The minimum absolute atomic E-state index is 0.197. The van der Waals surface area contributed by atoms with E-state index < -0.39 is 5.25 Å². The van der Waals surface area contributed by atoms with E-state index in [4.69, 9.17) is 44.3 Å². The van der Waals surface area contributed by atoms with Crippen LogP contribution in [0.25, 0.3) is 5.69 Å². The molecule has 8 nitrogen and oxygen atoms in total. The molecule has 0 saturated carbocycles. The second-order valence-corrected chi connectivity index (χ2v) is 10.3. The van der Waals surface area contributed by atoms with Gasteiger partial charge in [0.2, 0.25) is 6.54 Å². The van der Waals surface area contributed by atoms with Gasteiger partial charge in [0.25, 0.3) is 0 Å². The Morgan fingerprint density at radius 3 is 2.41 bits per heavy atom. The predicted molar refractivity (Wildman–Crippen MR) is 145 cm³/mol. The van der Waals surface area contributed by atoms with Crippen molar-refractivity contribution in [3.05, 3.63) is 103 Å². The molecule has 1 aromatic heterocycles. The molecule has 0 aliphatic rings. The first kappa shape index (κ1) is 27.1. The van der Waals surface area contributed by atoms with Crippen molar-refractivity contribution < 1.29 is 14.4 Å². The van der Waals surface area contributed by atoms with Crippen LogP contribution >= 0.6 is 46.6 Å². The third-order valence-electron chi connectivity index (χ3n) is 5.40. The Kier molecular flexibility index (Phi) is 8.81. The number of nitrogens with zero attached hydrogens (tertiary/aromatic N) is 4.